The van der Waals surface area contributed by atoms with Crippen molar-refractivity contribution < 1.29 is 28.2 Å². The molecule has 2 aromatic carbocycles. The maximum Gasteiger partial charge on any atom is 0.348 e. The predicted octanol–water partition coefficient (Wildman–Crippen LogP) is 4.97. The van der Waals surface area contributed by atoms with E-state index < -0.39 is 17.8 Å². The van der Waals surface area contributed by atoms with Gasteiger partial charge in [-0.3, -0.25) is 0 Å². The summed E-state index contributed by atoms with van der Waals surface area (Å²) in [6, 6.07) is 11.1. The van der Waals surface area contributed by atoms with Crippen molar-refractivity contribution in [3.63, 3.8) is 0 Å². The zero-order valence-corrected chi connectivity index (χ0v) is 16.3. The number of halogens is 1. The first kappa shape index (κ1) is 19.8. The van der Waals surface area contributed by atoms with Crippen molar-refractivity contribution in [2.75, 3.05) is 13.2 Å². The van der Waals surface area contributed by atoms with Crippen molar-refractivity contribution >= 4 is 33.4 Å². The third-order valence-electron chi connectivity index (χ3n) is 3.97. The van der Waals surface area contributed by atoms with Gasteiger partial charge in [-0.05, 0) is 50.2 Å². The summed E-state index contributed by atoms with van der Waals surface area (Å²) in [6.45, 7) is 4.05. The number of ether oxygens (including phenoxy) is 3. The van der Waals surface area contributed by atoms with Crippen molar-refractivity contribution in [2.45, 2.75) is 20.5 Å². The molecule has 146 valence electrons. The Kier molecular flexibility index (Phi) is 6.26. The maximum atomic E-state index is 14.4. The highest BCUT2D eigenvalue weighted by Gasteiger charge is 2.23. The Balaban J connectivity index is 1.85. The van der Waals surface area contributed by atoms with Gasteiger partial charge in [-0.1, -0.05) is 6.07 Å². The molecule has 0 N–H and O–H groups in total. The van der Waals surface area contributed by atoms with Crippen molar-refractivity contribution in [1.82, 2.24) is 0 Å². The lowest BCUT2D eigenvalue weighted by Gasteiger charge is -2.08. The first-order valence-corrected chi connectivity index (χ1v) is 9.63. The van der Waals surface area contributed by atoms with Crippen LogP contribution in [0.3, 0.4) is 0 Å². The van der Waals surface area contributed by atoms with E-state index in [4.69, 9.17) is 14.2 Å². The lowest BCUT2D eigenvalue weighted by Crippen LogP contribution is -2.09. The second-order valence-corrected chi connectivity index (χ2v) is 6.83. The number of benzene rings is 2. The number of thiophene rings is 1. The van der Waals surface area contributed by atoms with Gasteiger partial charge < -0.3 is 14.2 Å². The van der Waals surface area contributed by atoms with Crippen LogP contribution in [0.5, 0.6) is 5.75 Å². The van der Waals surface area contributed by atoms with E-state index >= 15 is 0 Å². The molecular formula is C21H19FO5S. The molecule has 0 bridgehead atoms. The van der Waals surface area contributed by atoms with Crippen molar-refractivity contribution in [3.05, 3.63) is 64.3 Å². The molecule has 5 nitrogen and oxygen atoms in total. The van der Waals surface area contributed by atoms with Crippen LogP contribution in [-0.4, -0.2) is 25.2 Å². The van der Waals surface area contributed by atoms with Crippen LogP contribution in [0.25, 0.3) is 10.1 Å². The van der Waals surface area contributed by atoms with E-state index in [9.17, 15) is 14.0 Å². The Morgan fingerprint density at radius 2 is 1.71 bits per heavy atom. The number of esters is 2. The number of hydrogen-bond acceptors (Lipinski definition) is 6. The number of hydrogen-bond donors (Lipinski definition) is 0. The van der Waals surface area contributed by atoms with Crippen molar-refractivity contribution in [3.8, 4) is 5.75 Å². The second kappa shape index (κ2) is 8.84. The standard InChI is InChI=1S/C21H19FO5S/c1-3-25-14-10-8-13(9-11-14)20(23)27-12-15-18-16(22)6-5-7-17(18)28-19(15)21(24)26-4-2/h5-11H,3-4,12H2,1-2H3. The number of fused-ring (bicyclic) bond motifs is 1. The summed E-state index contributed by atoms with van der Waals surface area (Å²) in [4.78, 5) is 24.9. The van der Waals surface area contributed by atoms with Gasteiger partial charge in [-0.25, -0.2) is 14.0 Å². The third kappa shape index (κ3) is 4.14. The quantitative estimate of drug-likeness (QED) is 0.522. The summed E-state index contributed by atoms with van der Waals surface area (Å²) < 4.78 is 30.7. The van der Waals surface area contributed by atoms with Crippen LogP contribution in [0.4, 0.5) is 4.39 Å². The SMILES string of the molecule is CCOC(=O)c1sc2cccc(F)c2c1COC(=O)c1ccc(OCC)cc1. The summed E-state index contributed by atoms with van der Waals surface area (Å²) in [5.41, 5.74) is 0.650. The van der Waals surface area contributed by atoms with Gasteiger partial charge in [-0.2, -0.15) is 0 Å². The van der Waals surface area contributed by atoms with Gasteiger partial charge in [0, 0.05) is 15.6 Å². The fraction of sp³-hybridized carbons (Fsp3) is 0.238. The highest BCUT2D eigenvalue weighted by molar-refractivity contribution is 7.21. The minimum atomic E-state index is -0.575. The van der Waals surface area contributed by atoms with Crippen molar-refractivity contribution in [1.29, 1.82) is 0 Å². The molecular weight excluding hydrogens is 383 g/mol. The number of carbonyl (C=O) groups is 2. The Morgan fingerprint density at radius 3 is 2.39 bits per heavy atom. The van der Waals surface area contributed by atoms with Gasteiger partial charge in [0.1, 0.15) is 23.1 Å². The van der Waals surface area contributed by atoms with Crippen LogP contribution in [-0.2, 0) is 16.1 Å². The molecule has 0 aliphatic carbocycles. The van der Waals surface area contributed by atoms with E-state index in [-0.39, 0.29) is 23.5 Å². The molecule has 0 radical (unpaired) electrons. The Hall–Kier alpha value is -2.93. The molecule has 0 spiro atoms. The number of rotatable bonds is 7. The second-order valence-electron chi connectivity index (χ2n) is 5.78. The molecule has 0 amide bonds. The van der Waals surface area contributed by atoms with E-state index in [1.807, 2.05) is 6.92 Å². The molecule has 0 atom stereocenters. The molecule has 1 aromatic heterocycles. The van der Waals surface area contributed by atoms with E-state index in [1.165, 1.54) is 6.07 Å². The molecule has 7 heteroatoms. The van der Waals surface area contributed by atoms with Gasteiger partial charge >= 0.3 is 11.9 Å². The van der Waals surface area contributed by atoms with Crippen LogP contribution >= 0.6 is 11.3 Å². The van der Waals surface area contributed by atoms with Gasteiger partial charge in [-0.15, -0.1) is 11.3 Å². The zero-order chi connectivity index (χ0) is 20.1. The summed E-state index contributed by atoms with van der Waals surface area (Å²) in [5, 5.41) is 0.273. The van der Waals surface area contributed by atoms with E-state index in [1.54, 1.807) is 43.3 Å². The lowest BCUT2D eigenvalue weighted by atomic mass is 10.1. The minimum Gasteiger partial charge on any atom is -0.494 e. The average Bonchev–Trinajstić information content (AvgIpc) is 3.07. The zero-order valence-electron chi connectivity index (χ0n) is 15.5. The first-order chi connectivity index (χ1) is 13.5. The monoisotopic (exact) mass is 402 g/mol. The lowest BCUT2D eigenvalue weighted by molar-refractivity contribution is 0.0454. The molecule has 0 fully saturated rings. The molecule has 0 unspecified atom stereocenters. The van der Waals surface area contributed by atoms with Crippen LogP contribution in [0.15, 0.2) is 42.5 Å². The van der Waals surface area contributed by atoms with Crippen molar-refractivity contribution in [2.24, 2.45) is 0 Å². The Labute approximate surface area is 165 Å². The molecule has 0 saturated heterocycles. The predicted molar refractivity (Wildman–Crippen MR) is 104 cm³/mol. The maximum absolute atomic E-state index is 14.4. The summed E-state index contributed by atoms with van der Waals surface area (Å²) >= 11 is 1.12. The van der Waals surface area contributed by atoms with Crippen LogP contribution in [0, 0.1) is 5.82 Å². The Bertz CT molecular complexity index is 994. The van der Waals surface area contributed by atoms with Gasteiger partial charge in [0.05, 0.1) is 18.8 Å². The number of carbonyl (C=O) groups excluding carboxylic acids is 2. The fourth-order valence-corrected chi connectivity index (χ4v) is 3.86. The highest BCUT2D eigenvalue weighted by atomic mass is 32.1. The fourth-order valence-electron chi connectivity index (χ4n) is 2.74. The smallest absolute Gasteiger partial charge is 0.348 e. The summed E-state index contributed by atoms with van der Waals surface area (Å²) in [7, 11) is 0. The molecule has 3 rings (SSSR count). The van der Waals surface area contributed by atoms with E-state index in [0.29, 0.717) is 28.2 Å². The molecule has 1 heterocycles. The largest absolute Gasteiger partial charge is 0.494 e. The average molecular weight is 402 g/mol. The molecule has 28 heavy (non-hydrogen) atoms. The highest BCUT2D eigenvalue weighted by Crippen LogP contribution is 2.34. The third-order valence-corrected chi connectivity index (χ3v) is 5.15. The molecule has 0 aliphatic heterocycles. The topological polar surface area (TPSA) is 61.8 Å². The summed E-state index contributed by atoms with van der Waals surface area (Å²) in [6.07, 6.45) is 0. The van der Waals surface area contributed by atoms with Crippen LogP contribution < -0.4 is 4.74 Å². The first-order valence-electron chi connectivity index (χ1n) is 8.82. The molecule has 3 aromatic rings. The minimum absolute atomic E-state index is 0.195. The molecule has 0 saturated carbocycles. The van der Waals surface area contributed by atoms with Crippen LogP contribution in [0.1, 0.15) is 39.4 Å². The van der Waals surface area contributed by atoms with Crippen LogP contribution in [0.2, 0.25) is 0 Å². The normalized spacial score (nSPS) is 10.7. The summed E-state index contributed by atoms with van der Waals surface area (Å²) in [5.74, 6) is -0.963. The van der Waals surface area contributed by atoms with Gasteiger partial charge in [0.25, 0.3) is 0 Å². The van der Waals surface area contributed by atoms with Gasteiger partial charge in [0.15, 0.2) is 0 Å². The van der Waals surface area contributed by atoms with E-state index in [0.717, 1.165) is 11.3 Å². The Morgan fingerprint density at radius 1 is 0.964 bits per heavy atom. The van der Waals surface area contributed by atoms with E-state index in [2.05, 4.69) is 0 Å². The van der Waals surface area contributed by atoms with Gasteiger partial charge in [0.2, 0.25) is 0 Å². The molecule has 0 aliphatic rings.